The van der Waals surface area contributed by atoms with Crippen LogP contribution in [0.2, 0.25) is 5.02 Å². The van der Waals surface area contributed by atoms with Crippen LogP contribution in [-0.4, -0.2) is 82.1 Å². The van der Waals surface area contributed by atoms with Crippen molar-refractivity contribution in [3.63, 3.8) is 0 Å². The Morgan fingerprint density at radius 3 is 2.14 bits per heavy atom. The molecule has 0 radical (unpaired) electrons. The van der Waals surface area contributed by atoms with Crippen molar-refractivity contribution in [2.45, 2.75) is 112 Å². The fourth-order valence-corrected chi connectivity index (χ4v) is 10.8. The monoisotopic (exact) mass is 972 g/mol. The number of aliphatic hydroxyl groups is 1. The van der Waals surface area contributed by atoms with Gasteiger partial charge in [0, 0.05) is 54.4 Å². The number of halogens is 1. The molecule has 4 aromatic carbocycles. The number of nitrogens with one attached hydrogen (secondary N) is 3. The third-order valence-corrected chi connectivity index (χ3v) is 14.6. The number of amides is 4. The molecule has 1 aromatic heterocycles. The van der Waals surface area contributed by atoms with Gasteiger partial charge in [0.25, 0.3) is 5.91 Å². The van der Waals surface area contributed by atoms with Crippen molar-refractivity contribution >= 4 is 46.6 Å². The highest BCUT2D eigenvalue weighted by Crippen LogP contribution is 2.55. The largest absolute Gasteiger partial charge is 0.494 e. The van der Waals surface area contributed by atoms with Crippen molar-refractivity contribution in [2.24, 2.45) is 16.2 Å². The second-order valence-electron chi connectivity index (χ2n) is 20.3. The quantitative estimate of drug-likeness (QED) is 0.0702. The minimum atomic E-state index is -0.928. The van der Waals surface area contributed by atoms with Crippen LogP contribution in [0.15, 0.2) is 96.5 Å². The van der Waals surface area contributed by atoms with E-state index in [-0.39, 0.29) is 62.4 Å². The molecule has 69 heavy (non-hydrogen) atoms. The molecule has 2 heterocycles. The summed E-state index contributed by atoms with van der Waals surface area (Å²) in [6, 6.07) is 28.0. The van der Waals surface area contributed by atoms with E-state index in [0.29, 0.717) is 34.1 Å². The number of β-amino-alcohol motifs (C(OH)–C–C–N with tert-alkyl or cyclic N) is 1. The molecule has 1 saturated carbocycles. The van der Waals surface area contributed by atoms with Crippen LogP contribution in [0.1, 0.15) is 94.9 Å². The third kappa shape index (κ3) is 11.4. The van der Waals surface area contributed by atoms with E-state index in [1.165, 1.54) is 4.90 Å². The Kier molecular flexibility index (Phi) is 15.2. The molecule has 7 rings (SSSR count). The molecule has 13 nitrogen and oxygen atoms in total. The lowest BCUT2D eigenvalue weighted by Crippen LogP contribution is -2.74. The van der Waals surface area contributed by atoms with E-state index in [0.717, 1.165) is 32.8 Å². The van der Waals surface area contributed by atoms with Gasteiger partial charge in [-0.1, -0.05) is 109 Å². The number of ether oxygens (including phenoxy) is 2. The van der Waals surface area contributed by atoms with Crippen LogP contribution < -0.4 is 25.4 Å². The van der Waals surface area contributed by atoms with Gasteiger partial charge in [-0.25, -0.2) is 4.98 Å². The van der Waals surface area contributed by atoms with Crippen molar-refractivity contribution in [1.82, 2.24) is 25.8 Å². The van der Waals surface area contributed by atoms with E-state index in [4.69, 9.17) is 21.1 Å². The maximum absolute atomic E-state index is 14.1. The Labute approximate surface area is 413 Å². The number of aromatic nitrogens is 1. The van der Waals surface area contributed by atoms with E-state index in [1.807, 2.05) is 93.9 Å². The van der Waals surface area contributed by atoms with Gasteiger partial charge in [0.1, 0.15) is 35.8 Å². The number of carbonyl (C=O) groups excluding carboxylic acids is 4. The Hall–Kier alpha value is -6.27. The number of thiazole rings is 1. The standard InChI is InChI=1S/C54H61ClN6O7S/c1-32-45(69-31-58-32)36-13-11-33(12-14-36)29-57-48(65)43-26-39(62)30-61(43)49(66)46(52(2,3)4)59-44(63)10-9-25-67-40-22-19-35(20-23-40)34-15-17-37(18-16-34)47(64)60-50-53(5,6)51(54(50,7)8)68-41-24-21-38(28-56)42(55)27-41/h11-24,27,31,39,43,46,50-51,62H,9-10,25-26,29-30H2,1-8H3,(H,57,65)(H,59,63)(H,60,64)/t39-,43+,46?,50?,51?/m1/s1. The highest BCUT2D eigenvalue weighted by atomic mass is 35.5. The van der Waals surface area contributed by atoms with Gasteiger partial charge in [-0.3, -0.25) is 19.2 Å². The lowest BCUT2D eigenvalue weighted by molar-refractivity contribution is -0.164. The molecule has 5 aromatic rings. The number of hydrogen-bond acceptors (Lipinski definition) is 10. The fourth-order valence-electron chi connectivity index (χ4n) is 9.80. The zero-order valence-corrected chi connectivity index (χ0v) is 42.0. The average Bonchev–Trinajstić information content (AvgIpc) is 3.94. The second kappa shape index (κ2) is 20.8. The number of likely N-dealkylation sites (tertiary alicyclic amines) is 1. The minimum Gasteiger partial charge on any atom is -0.494 e. The summed E-state index contributed by atoms with van der Waals surface area (Å²) in [5.74, 6) is -0.0698. The lowest BCUT2D eigenvalue weighted by Gasteiger charge is -2.63. The van der Waals surface area contributed by atoms with Crippen LogP contribution in [0.25, 0.3) is 21.6 Å². The molecule has 15 heteroatoms. The molecule has 4 amide bonds. The fraction of sp³-hybridized carbons (Fsp3) is 0.407. The minimum absolute atomic E-state index is 0.00665. The first-order valence-corrected chi connectivity index (χ1v) is 24.5. The molecule has 1 aliphatic carbocycles. The summed E-state index contributed by atoms with van der Waals surface area (Å²) in [5, 5.41) is 29.3. The third-order valence-electron chi connectivity index (χ3n) is 13.3. The Morgan fingerprint density at radius 2 is 1.55 bits per heavy atom. The van der Waals surface area contributed by atoms with E-state index in [9.17, 15) is 29.5 Å². The lowest BCUT2D eigenvalue weighted by atomic mass is 9.49. The highest BCUT2D eigenvalue weighted by Gasteiger charge is 2.64. The summed E-state index contributed by atoms with van der Waals surface area (Å²) < 4.78 is 12.3. The van der Waals surface area contributed by atoms with E-state index < -0.39 is 40.3 Å². The van der Waals surface area contributed by atoms with Gasteiger partial charge in [-0.15, -0.1) is 11.3 Å². The molecule has 1 aliphatic heterocycles. The zero-order valence-electron chi connectivity index (χ0n) is 40.4. The molecule has 0 bridgehead atoms. The van der Waals surface area contributed by atoms with Crippen molar-refractivity contribution in [2.75, 3.05) is 13.2 Å². The first kappa shape index (κ1) is 50.6. The second-order valence-corrected chi connectivity index (χ2v) is 21.6. The number of rotatable bonds is 16. The Morgan fingerprint density at radius 1 is 0.928 bits per heavy atom. The molecule has 1 unspecified atom stereocenters. The molecule has 4 N–H and O–H groups in total. The van der Waals surface area contributed by atoms with Gasteiger partial charge in [-0.05, 0) is 77.4 Å². The SMILES string of the molecule is Cc1ncsc1-c1ccc(CNC(=O)[C@@H]2C[C@@H](O)CN2C(=O)C(NC(=O)CCCOc2ccc(-c3ccc(C(=O)NC4C(C)(C)C(Oc5ccc(C#N)c(Cl)c5)C4(C)C)cc3)cc2)C(C)(C)C)cc1. The van der Waals surface area contributed by atoms with Crippen molar-refractivity contribution in [1.29, 1.82) is 5.26 Å². The molecule has 0 spiro atoms. The van der Waals surface area contributed by atoms with Crippen LogP contribution in [-0.2, 0) is 20.9 Å². The predicted octanol–water partition coefficient (Wildman–Crippen LogP) is 8.89. The summed E-state index contributed by atoms with van der Waals surface area (Å²) >= 11 is 7.82. The Bertz CT molecular complexity index is 2690. The number of aliphatic hydroxyl groups excluding tert-OH is 1. The summed E-state index contributed by atoms with van der Waals surface area (Å²) in [4.78, 5) is 61.1. The highest BCUT2D eigenvalue weighted by molar-refractivity contribution is 7.13. The van der Waals surface area contributed by atoms with Gasteiger partial charge >= 0.3 is 0 Å². The number of hydrogen-bond donors (Lipinski definition) is 4. The maximum Gasteiger partial charge on any atom is 0.251 e. The number of benzene rings is 4. The first-order chi connectivity index (χ1) is 32.7. The first-order valence-electron chi connectivity index (χ1n) is 23.2. The zero-order chi connectivity index (χ0) is 49.8. The Balaban J connectivity index is 0.858. The molecule has 2 fully saturated rings. The summed E-state index contributed by atoms with van der Waals surface area (Å²) in [5.41, 5.74) is 6.04. The maximum atomic E-state index is 14.1. The molecular weight excluding hydrogens is 912 g/mol. The van der Waals surface area contributed by atoms with Gasteiger partial charge in [0.15, 0.2) is 0 Å². The van der Waals surface area contributed by atoms with Gasteiger partial charge < -0.3 is 35.4 Å². The van der Waals surface area contributed by atoms with E-state index in [2.05, 4.69) is 54.7 Å². The molecule has 2 aliphatic rings. The summed E-state index contributed by atoms with van der Waals surface area (Å²) in [6.45, 7) is 16.3. The van der Waals surface area contributed by atoms with Gasteiger partial charge in [0.05, 0.1) is 39.4 Å². The van der Waals surface area contributed by atoms with Crippen molar-refractivity contribution in [3.8, 4) is 39.1 Å². The van der Waals surface area contributed by atoms with Crippen LogP contribution in [0.4, 0.5) is 0 Å². The smallest absolute Gasteiger partial charge is 0.251 e. The van der Waals surface area contributed by atoms with Crippen LogP contribution in [0.5, 0.6) is 11.5 Å². The van der Waals surface area contributed by atoms with Gasteiger partial charge in [0.2, 0.25) is 17.7 Å². The number of nitriles is 1. The molecular formula is C54H61ClN6O7S. The normalized spacial score (nSPS) is 19.6. The number of carbonyl (C=O) groups is 4. The number of nitrogens with zero attached hydrogens (tertiary/aromatic N) is 3. The summed E-state index contributed by atoms with van der Waals surface area (Å²) in [6.07, 6.45) is -0.467. The average molecular weight is 974 g/mol. The molecule has 1 saturated heterocycles. The van der Waals surface area contributed by atoms with E-state index >= 15 is 0 Å². The van der Waals surface area contributed by atoms with Crippen molar-refractivity contribution in [3.05, 3.63) is 124 Å². The summed E-state index contributed by atoms with van der Waals surface area (Å²) in [7, 11) is 0. The van der Waals surface area contributed by atoms with Gasteiger partial charge in [-0.2, -0.15) is 5.26 Å². The van der Waals surface area contributed by atoms with Crippen LogP contribution in [0.3, 0.4) is 0 Å². The van der Waals surface area contributed by atoms with Crippen LogP contribution >= 0.6 is 22.9 Å². The predicted molar refractivity (Wildman–Crippen MR) is 268 cm³/mol. The molecule has 3 atom stereocenters. The van der Waals surface area contributed by atoms with Crippen LogP contribution in [0, 0.1) is 34.5 Å². The number of aryl methyl sites for hydroxylation is 1. The molecule has 362 valence electrons. The van der Waals surface area contributed by atoms with E-state index in [1.54, 1.807) is 41.7 Å². The van der Waals surface area contributed by atoms with Crippen molar-refractivity contribution < 1.29 is 33.8 Å². The topological polar surface area (TPSA) is 183 Å².